The number of aryl methyl sites for hydroxylation is 2. The van der Waals surface area contributed by atoms with Crippen LogP contribution in [0.5, 0.6) is 0 Å². The number of amides is 2. The minimum Gasteiger partial charge on any atom is -0.339 e. The molecule has 1 aliphatic carbocycles. The lowest BCUT2D eigenvalue weighted by molar-refractivity contribution is -0.128. The average molecular weight is 355 g/mol. The molecule has 1 atom stereocenters. The molecule has 25 heavy (non-hydrogen) atoms. The van der Waals surface area contributed by atoms with Gasteiger partial charge in [-0.1, -0.05) is 17.7 Å². The van der Waals surface area contributed by atoms with E-state index in [1.165, 1.54) is 16.9 Å². The summed E-state index contributed by atoms with van der Waals surface area (Å²) < 4.78 is 0. The molecule has 5 nitrogen and oxygen atoms in total. The van der Waals surface area contributed by atoms with Gasteiger partial charge in [0.05, 0.1) is 11.6 Å². The number of anilines is 1. The van der Waals surface area contributed by atoms with Crippen molar-refractivity contribution >= 4 is 28.3 Å². The number of carbonyl (C=O) groups is 2. The molecule has 1 N–H and O–H groups in total. The molecule has 2 aromatic rings. The van der Waals surface area contributed by atoms with Crippen molar-refractivity contribution in [2.24, 2.45) is 5.92 Å². The van der Waals surface area contributed by atoms with E-state index in [2.05, 4.69) is 42.3 Å². The first-order chi connectivity index (χ1) is 12.0. The van der Waals surface area contributed by atoms with Crippen molar-refractivity contribution < 1.29 is 9.59 Å². The number of benzene rings is 1. The summed E-state index contributed by atoms with van der Waals surface area (Å²) >= 11 is 1.42. The number of nitrogens with one attached hydrogen (secondary N) is 1. The summed E-state index contributed by atoms with van der Waals surface area (Å²) in [6.07, 6.45) is 2.47. The lowest BCUT2D eigenvalue weighted by Gasteiger charge is -2.14. The van der Waals surface area contributed by atoms with Crippen molar-refractivity contribution in [2.45, 2.75) is 39.2 Å². The molecule has 2 fully saturated rings. The molecule has 0 spiro atoms. The van der Waals surface area contributed by atoms with Gasteiger partial charge >= 0.3 is 0 Å². The lowest BCUT2D eigenvalue weighted by atomic mass is 10.0. The molecule has 130 valence electrons. The van der Waals surface area contributed by atoms with Gasteiger partial charge in [-0.05, 0) is 38.3 Å². The van der Waals surface area contributed by atoms with E-state index in [1.54, 1.807) is 0 Å². The Morgan fingerprint density at radius 3 is 2.88 bits per heavy atom. The normalized spacial score (nSPS) is 20.2. The highest BCUT2D eigenvalue weighted by atomic mass is 32.1. The number of likely N-dealkylation sites (tertiary alicyclic amines) is 1. The summed E-state index contributed by atoms with van der Waals surface area (Å²) in [5, 5.41) is 5.46. The zero-order chi connectivity index (χ0) is 17.6. The Labute approximate surface area is 151 Å². The number of hydrogen-bond acceptors (Lipinski definition) is 4. The first-order valence-electron chi connectivity index (χ1n) is 8.65. The Hall–Kier alpha value is -2.21. The van der Waals surface area contributed by atoms with Crippen molar-refractivity contribution in [3.8, 4) is 11.3 Å². The highest BCUT2D eigenvalue weighted by Gasteiger charge is 2.41. The Morgan fingerprint density at radius 2 is 2.12 bits per heavy atom. The number of aromatic nitrogens is 1. The van der Waals surface area contributed by atoms with E-state index in [1.807, 2.05) is 10.3 Å². The first-order valence-corrected chi connectivity index (χ1v) is 9.52. The predicted molar refractivity (Wildman–Crippen MR) is 98.5 cm³/mol. The van der Waals surface area contributed by atoms with Gasteiger partial charge in [0.25, 0.3) is 0 Å². The van der Waals surface area contributed by atoms with Crippen LogP contribution >= 0.6 is 11.3 Å². The van der Waals surface area contributed by atoms with Crippen LogP contribution in [0.15, 0.2) is 23.6 Å². The molecule has 1 saturated carbocycles. The minimum absolute atomic E-state index is 0.0987. The van der Waals surface area contributed by atoms with Crippen LogP contribution in [0.2, 0.25) is 0 Å². The van der Waals surface area contributed by atoms with Crippen LogP contribution in [0, 0.1) is 19.8 Å². The van der Waals surface area contributed by atoms with Crippen LogP contribution in [-0.4, -0.2) is 34.3 Å². The fourth-order valence-electron chi connectivity index (χ4n) is 3.32. The monoisotopic (exact) mass is 355 g/mol. The molecule has 2 aliphatic rings. The van der Waals surface area contributed by atoms with Crippen LogP contribution in [0.1, 0.15) is 30.4 Å². The average Bonchev–Trinajstić information content (AvgIpc) is 3.19. The van der Waals surface area contributed by atoms with Crippen LogP contribution in [0.3, 0.4) is 0 Å². The molecule has 1 aliphatic heterocycles. The second-order valence-corrected chi connectivity index (χ2v) is 7.88. The quantitative estimate of drug-likeness (QED) is 0.914. The van der Waals surface area contributed by atoms with Gasteiger partial charge < -0.3 is 10.2 Å². The van der Waals surface area contributed by atoms with Gasteiger partial charge in [-0.2, -0.15) is 0 Å². The maximum atomic E-state index is 12.5. The Kier molecular flexibility index (Phi) is 4.07. The summed E-state index contributed by atoms with van der Waals surface area (Å²) in [7, 11) is 0. The predicted octanol–water partition coefficient (Wildman–Crippen LogP) is 3.38. The highest BCUT2D eigenvalue weighted by molar-refractivity contribution is 7.14. The number of hydrogen-bond donors (Lipinski definition) is 1. The number of nitrogens with zero attached hydrogens (tertiary/aromatic N) is 2. The molecule has 1 saturated heterocycles. The molecule has 0 bridgehead atoms. The van der Waals surface area contributed by atoms with Crippen LogP contribution in [0.25, 0.3) is 11.3 Å². The molecule has 1 aromatic carbocycles. The van der Waals surface area contributed by atoms with Crippen molar-refractivity contribution in [1.29, 1.82) is 0 Å². The fourth-order valence-corrected chi connectivity index (χ4v) is 4.03. The standard InChI is InChI=1S/C19H21N3O2S/c1-11-3-4-12(2)15(7-11)16-10-25-19(20-16)21-18(24)13-8-17(23)22(9-13)14-5-6-14/h3-4,7,10,13-14H,5-6,8-9H2,1-2H3,(H,20,21,24)/t13-/m0/s1. The van der Waals surface area contributed by atoms with Gasteiger partial charge in [-0.15, -0.1) is 11.3 Å². The third-order valence-corrected chi connectivity index (χ3v) is 5.68. The van der Waals surface area contributed by atoms with E-state index in [0.29, 0.717) is 24.1 Å². The van der Waals surface area contributed by atoms with E-state index in [0.717, 1.165) is 29.7 Å². The molecule has 2 heterocycles. The zero-order valence-corrected chi connectivity index (χ0v) is 15.2. The molecular weight excluding hydrogens is 334 g/mol. The molecule has 2 amide bonds. The largest absolute Gasteiger partial charge is 0.339 e. The maximum absolute atomic E-state index is 12.5. The Balaban J connectivity index is 1.45. The van der Waals surface area contributed by atoms with Crippen LogP contribution in [-0.2, 0) is 9.59 Å². The van der Waals surface area contributed by atoms with E-state index in [9.17, 15) is 9.59 Å². The Morgan fingerprint density at radius 1 is 1.32 bits per heavy atom. The summed E-state index contributed by atoms with van der Waals surface area (Å²) in [6.45, 7) is 4.66. The Bertz CT molecular complexity index is 841. The van der Waals surface area contributed by atoms with Crippen LogP contribution in [0.4, 0.5) is 5.13 Å². The van der Waals surface area contributed by atoms with E-state index in [-0.39, 0.29) is 17.7 Å². The molecule has 0 radical (unpaired) electrons. The molecule has 4 rings (SSSR count). The topological polar surface area (TPSA) is 62.3 Å². The summed E-state index contributed by atoms with van der Waals surface area (Å²) in [6, 6.07) is 6.65. The fraction of sp³-hybridized carbons (Fsp3) is 0.421. The first kappa shape index (κ1) is 16.3. The summed E-state index contributed by atoms with van der Waals surface area (Å²) in [4.78, 5) is 30.9. The second-order valence-electron chi connectivity index (χ2n) is 7.02. The van der Waals surface area contributed by atoms with Crippen molar-refractivity contribution in [3.63, 3.8) is 0 Å². The number of thiazole rings is 1. The van der Waals surface area contributed by atoms with Gasteiger partial charge in [0.1, 0.15) is 0 Å². The highest BCUT2D eigenvalue weighted by Crippen LogP contribution is 2.33. The minimum atomic E-state index is -0.263. The molecule has 0 unspecified atom stereocenters. The van der Waals surface area contributed by atoms with Gasteiger partial charge in [-0.25, -0.2) is 4.98 Å². The SMILES string of the molecule is Cc1ccc(C)c(-c2csc(NC(=O)[C@H]3CC(=O)N(C4CC4)C3)n2)c1. The van der Waals surface area contributed by atoms with Gasteiger partial charge in [-0.3, -0.25) is 9.59 Å². The molecule has 6 heteroatoms. The number of carbonyl (C=O) groups excluding carboxylic acids is 2. The second kappa shape index (κ2) is 6.26. The van der Waals surface area contributed by atoms with Gasteiger partial charge in [0.15, 0.2) is 5.13 Å². The maximum Gasteiger partial charge on any atom is 0.231 e. The third kappa shape index (κ3) is 3.31. The van der Waals surface area contributed by atoms with Gasteiger partial charge in [0, 0.05) is 30.0 Å². The smallest absolute Gasteiger partial charge is 0.231 e. The lowest BCUT2D eigenvalue weighted by Crippen LogP contribution is -2.29. The number of rotatable bonds is 4. The van der Waals surface area contributed by atoms with Crippen LogP contribution < -0.4 is 5.32 Å². The van der Waals surface area contributed by atoms with E-state index in [4.69, 9.17) is 0 Å². The van der Waals surface area contributed by atoms with Crippen molar-refractivity contribution in [3.05, 3.63) is 34.7 Å². The summed E-state index contributed by atoms with van der Waals surface area (Å²) in [5.74, 6) is -0.252. The third-order valence-electron chi connectivity index (χ3n) is 4.92. The summed E-state index contributed by atoms with van der Waals surface area (Å²) in [5.41, 5.74) is 4.32. The molecular formula is C19H21N3O2S. The molecule has 1 aromatic heterocycles. The van der Waals surface area contributed by atoms with Crippen molar-refractivity contribution in [1.82, 2.24) is 9.88 Å². The van der Waals surface area contributed by atoms with Crippen molar-refractivity contribution in [2.75, 3.05) is 11.9 Å². The zero-order valence-electron chi connectivity index (χ0n) is 14.4. The van der Waals surface area contributed by atoms with E-state index < -0.39 is 0 Å². The van der Waals surface area contributed by atoms with E-state index >= 15 is 0 Å². The van der Waals surface area contributed by atoms with Gasteiger partial charge in [0.2, 0.25) is 11.8 Å².